The number of imidazole rings is 1. The summed E-state index contributed by atoms with van der Waals surface area (Å²) < 4.78 is 0. The van der Waals surface area contributed by atoms with Crippen LogP contribution in [0.3, 0.4) is 0 Å². The van der Waals surface area contributed by atoms with Crippen LogP contribution in [0, 0.1) is 17.8 Å². The van der Waals surface area contributed by atoms with Crippen molar-refractivity contribution in [2.45, 2.75) is 32.1 Å². The van der Waals surface area contributed by atoms with E-state index in [4.69, 9.17) is 5.73 Å². The lowest BCUT2D eigenvalue weighted by Crippen LogP contribution is -1.98. The first-order valence-corrected chi connectivity index (χ1v) is 6.28. The minimum absolute atomic E-state index is 0.222. The largest absolute Gasteiger partial charge is 0.368 e. The van der Waals surface area contributed by atoms with Crippen molar-refractivity contribution >= 4 is 17.1 Å². The molecule has 0 spiro atoms. The SMILES string of the molecule is Nc1nc(C#CCC2CCCC2)c2[nH]cnc2n1. The molecule has 0 aromatic carbocycles. The van der Waals surface area contributed by atoms with Gasteiger partial charge in [-0.25, -0.2) is 9.97 Å². The lowest BCUT2D eigenvalue weighted by molar-refractivity contribution is 0.566. The van der Waals surface area contributed by atoms with Gasteiger partial charge < -0.3 is 10.7 Å². The molecule has 3 N–H and O–H groups in total. The van der Waals surface area contributed by atoms with Crippen LogP contribution in [-0.2, 0) is 0 Å². The highest BCUT2D eigenvalue weighted by Crippen LogP contribution is 2.26. The van der Waals surface area contributed by atoms with Gasteiger partial charge in [-0.1, -0.05) is 18.8 Å². The van der Waals surface area contributed by atoms with E-state index >= 15 is 0 Å². The number of hydrogen-bond donors (Lipinski definition) is 2. The Morgan fingerprint density at radius 3 is 3.00 bits per heavy atom. The fourth-order valence-corrected chi connectivity index (χ4v) is 2.43. The highest BCUT2D eigenvalue weighted by molar-refractivity contribution is 5.76. The predicted molar refractivity (Wildman–Crippen MR) is 69.5 cm³/mol. The van der Waals surface area contributed by atoms with Gasteiger partial charge in [0.05, 0.1) is 6.33 Å². The molecular formula is C13H15N5. The van der Waals surface area contributed by atoms with Crippen molar-refractivity contribution in [2.24, 2.45) is 5.92 Å². The molecule has 3 rings (SSSR count). The van der Waals surface area contributed by atoms with Crippen molar-refractivity contribution in [2.75, 3.05) is 5.73 Å². The molecule has 0 unspecified atom stereocenters. The fourth-order valence-electron chi connectivity index (χ4n) is 2.43. The van der Waals surface area contributed by atoms with Gasteiger partial charge in [-0.2, -0.15) is 4.98 Å². The number of anilines is 1. The number of rotatable bonds is 1. The summed E-state index contributed by atoms with van der Waals surface area (Å²) in [5, 5.41) is 0. The summed E-state index contributed by atoms with van der Waals surface area (Å²) in [6.07, 6.45) is 7.83. The molecule has 2 aromatic heterocycles. The Balaban J connectivity index is 1.85. The Labute approximate surface area is 105 Å². The highest BCUT2D eigenvalue weighted by atomic mass is 15.1. The fraction of sp³-hybridized carbons (Fsp3) is 0.462. The molecule has 0 aliphatic heterocycles. The van der Waals surface area contributed by atoms with Crippen LogP contribution >= 0.6 is 0 Å². The van der Waals surface area contributed by atoms with E-state index in [0.717, 1.165) is 17.9 Å². The third-order valence-electron chi connectivity index (χ3n) is 3.38. The Kier molecular flexibility index (Phi) is 2.85. The molecule has 1 saturated carbocycles. The van der Waals surface area contributed by atoms with Crippen LogP contribution in [0.2, 0.25) is 0 Å². The zero-order valence-corrected chi connectivity index (χ0v) is 10.1. The van der Waals surface area contributed by atoms with Gasteiger partial charge in [0.25, 0.3) is 0 Å². The van der Waals surface area contributed by atoms with Gasteiger partial charge in [-0.05, 0) is 24.7 Å². The molecule has 0 amide bonds. The minimum Gasteiger partial charge on any atom is -0.368 e. The molecule has 92 valence electrons. The van der Waals surface area contributed by atoms with Gasteiger partial charge in [-0.3, -0.25) is 0 Å². The van der Waals surface area contributed by atoms with Crippen molar-refractivity contribution in [1.82, 2.24) is 19.9 Å². The van der Waals surface area contributed by atoms with E-state index in [1.807, 2.05) is 0 Å². The lowest BCUT2D eigenvalue weighted by atomic mass is 10.0. The second-order valence-corrected chi connectivity index (χ2v) is 4.69. The van der Waals surface area contributed by atoms with Crippen LogP contribution < -0.4 is 5.73 Å². The van der Waals surface area contributed by atoms with Crippen molar-refractivity contribution in [1.29, 1.82) is 0 Å². The molecular weight excluding hydrogens is 226 g/mol. The van der Waals surface area contributed by atoms with E-state index < -0.39 is 0 Å². The molecule has 0 atom stereocenters. The molecule has 0 radical (unpaired) electrons. The summed E-state index contributed by atoms with van der Waals surface area (Å²) in [7, 11) is 0. The number of nitrogens with one attached hydrogen (secondary N) is 1. The standard InChI is InChI=1S/C13H15N5/c14-13-17-10(11-12(18-13)16-8-15-11)7-3-6-9-4-1-2-5-9/h8-9H,1-2,4-6H2,(H3,14,15,16,17,18). The van der Waals surface area contributed by atoms with Crippen LogP contribution in [0.1, 0.15) is 37.8 Å². The number of aromatic amines is 1. The van der Waals surface area contributed by atoms with Crippen LogP contribution in [-0.4, -0.2) is 19.9 Å². The van der Waals surface area contributed by atoms with Crippen LogP contribution in [0.5, 0.6) is 0 Å². The topological polar surface area (TPSA) is 80.5 Å². The third kappa shape index (κ3) is 2.14. The van der Waals surface area contributed by atoms with Gasteiger partial charge in [0, 0.05) is 6.42 Å². The van der Waals surface area contributed by atoms with Crippen LogP contribution in [0.4, 0.5) is 5.95 Å². The quantitative estimate of drug-likeness (QED) is 0.747. The molecule has 1 fully saturated rings. The summed E-state index contributed by atoms with van der Waals surface area (Å²) in [6, 6.07) is 0. The zero-order valence-electron chi connectivity index (χ0n) is 10.1. The van der Waals surface area contributed by atoms with Gasteiger partial charge in [-0.15, -0.1) is 0 Å². The number of fused-ring (bicyclic) bond motifs is 1. The second kappa shape index (κ2) is 4.65. The number of aromatic nitrogens is 4. The van der Waals surface area contributed by atoms with Gasteiger partial charge in [0.2, 0.25) is 5.95 Å². The summed E-state index contributed by atoms with van der Waals surface area (Å²) in [6.45, 7) is 0. The van der Waals surface area contributed by atoms with E-state index in [9.17, 15) is 0 Å². The molecule has 1 aliphatic rings. The molecule has 0 bridgehead atoms. The van der Waals surface area contributed by atoms with E-state index in [0.29, 0.717) is 11.3 Å². The molecule has 5 heteroatoms. The van der Waals surface area contributed by atoms with Crippen molar-refractivity contribution in [3.63, 3.8) is 0 Å². The van der Waals surface area contributed by atoms with Crippen molar-refractivity contribution < 1.29 is 0 Å². The summed E-state index contributed by atoms with van der Waals surface area (Å²) in [4.78, 5) is 15.3. The average molecular weight is 241 g/mol. The van der Waals surface area contributed by atoms with Crippen molar-refractivity contribution in [3.8, 4) is 11.8 Å². The molecule has 2 heterocycles. The molecule has 2 aromatic rings. The molecule has 0 saturated heterocycles. The molecule has 18 heavy (non-hydrogen) atoms. The van der Waals surface area contributed by atoms with Gasteiger partial charge >= 0.3 is 0 Å². The Morgan fingerprint density at radius 1 is 1.33 bits per heavy atom. The Hall–Kier alpha value is -2.09. The third-order valence-corrected chi connectivity index (χ3v) is 3.38. The lowest BCUT2D eigenvalue weighted by Gasteiger charge is -2.00. The Bertz CT molecular complexity index is 613. The van der Waals surface area contributed by atoms with E-state index in [1.165, 1.54) is 25.7 Å². The number of nitrogen functional groups attached to an aromatic ring is 1. The average Bonchev–Trinajstić information content (AvgIpc) is 2.98. The van der Waals surface area contributed by atoms with E-state index in [1.54, 1.807) is 6.33 Å². The normalized spacial score (nSPS) is 15.8. The zero-order chi connectivity index (χ0) is 12.4. The minimum atomic E-state index is 0.222. The smallest absolute Gasteiger partial charge is 0.223 e. The summed E-state index contributed by atoms with van der Waals surface area (Å²) >= 11 is 0. The Morgan fingerprint density at radius 2 is 2.17 bits per heavy atom. The molecule has 1 aliphatic carbocycles. The maximum absolute atomic E-state index is 5.63. The number of H-pyrrole nitrogens is 1. The maximum atomic E-state index is 5.63. The maximum Gasteiger partial charge on any atom is 0.223 e. The first-order chi connectivity index (χ1) is 8.83. The molecule has 5 nitrogen and oxygen atoms in total. The monoisotopic (exact) mass is 241 g/mol. The van der Waals surface area contributed by atoms with Crippen molar-refractivity contribution in [3.05, 3.63) is 12.0 Å². The first kappa shape index (κ1) is 11.0. The predicted octanol–water partition coefficient (Wildman–Crippen LogP) is 1.87. The number of nitrogens with two attached hydrogens (primary N) is 1. The van der Waals surface area contributed by atoms with Crippen LogP contribution in [0.15, 0.2) is 6.33 Å². The first-order valence-electron chi connectivity index (χ1n) is 6.28. The van der Waals surface area contributed by atoms with Gasteiger partial charge in [0.15, 0.2) is 5.65 Å². The highest BCUT2D eigenvalue weighted by Gasteiger charge is 2.13. The van der Waals surface area contributed by atoms with E-state index in [-0.39, 0.29) is 5.95 Å². The number of nitrogens with zero attached hydrogens (tertiary/aromatic N) is 3. The second-order valence-electron chi connectivity index (χ2n) is 4.69. The van der Waals surface area contributed by atoms with Crippen LogP contribution in [0.25, 0.3) is 11.2 Å². The van der Waals surface area contributed by atoms with E-state index in [2.05, 4.69) is 31.8 Å². The number of hydrogen-bond acceptors (Lipinski definition) is 4. The summed E-state index contributed by atoms with van der Waals surface area (Å²) in [5.41, 5.74) is 7.62. The summed E-state index contributed by atoms with van der Waals surface area (Å²) in [5.74, 6) is 7.28. The van der Waals surface area contributed by atoms with Gasteiger partial charge in [0.1, 0.15) is 11.2 Å².